The van der Waals surface area contributed by atoms with Crippen molar-refractivity contribution < 1.29 is 23.1 Å². The summed E-state index contributed by atoms with van der Waals surface area (Å²) in [5.41, 5.74) is -1.39. The van der Waals surface area contributed by atoms with E-state index >= 15 is 0 Å². The Balaban J connectivity index is 2.36. The third-order valence-electron chi connectivity index (χ3n) is 3.60. The molecule has 0 unspecified atom stereocenters. The van der Waals surface area contributed by atoms with Crippen molar-refractivity contribution in [2.75, 3.05) is 0 Å². The molecule has 0 heterocycles. The average molecular weight is 258 g/mol. The first kappa shape index (κ1) is 12.9. The second kappa shape index (κ2) is 4.30. The van der Waals surface area contributed by atoms with Gasteiger partial charge < -0.3 is 5.11 Å². The highest BCUT2D eigenvalue weighted by molar-refractivity contribution is 5.68. The number of hydrogen-bond donors (Lipinski definition) is 1. The lowest BCUT2D eigenvalue weighted by molar-refractivity contribution is -0.195. The van der Waals surface area contributed by atoms with E-state index in [1.165, 1.54) is 0 Å². The normalized spacial score (nSPS) is 19.3. The Morgan fingerprint density at radius 1 is 1.28 bits per heavy atom. The van der Waals surface area contributed by atoms with E-state index in [0.29, 0.717) is 5.56 Å². The van der Waals surface area contributed by atoms with Crippen LogP contribution in [0.4, 0.5) is 13.2 Å². The molecule has 1 saturated carbocycles. The summed E-state index contributed by atoms with van der Waals surface area (Å²) in [6.07, 6.45) is -4.79. The lowest BCUT2D eigenvalue weighted by atomic mass is 9.80. The molecule has 1 aromatic carbocycles. The van der Waals surface area contributed by atoms with Crippen molar-refractivity contribution in [3.8, 4) is 0 Å². The maximum absolute atomic E-state index is 13.1. The number of carbonyl (C=O) groups is 1. The Morgan fingerprint density at radius 3 is 2.22 bits per heavy atom. The van der Waals surface area contributed by atoms with Crippen LogP contribution in [0.1, 0.15) is 30.7 Å². The topological polar surface area (TPSA) is 37.3 Å². The zero-order chi connectivity index (χ0) is 13.4. The minimum Gasteiger partial charge on any atom is -0.481 e. The van der Waals surface area contributed by atoms with E-state index in [1.54, 1.807) is 30.3 Å². The highest BCUT2D eigenvalue weighted by atomic mass is 19.4. The monoisotopic (exact) mass is 258 g/mol. The van der Waals surface area contributed by atoms with Gasteiger partial charge in [-0.1, -0.05) is 30.3 Å². The summed E-state index contributed by atoms with van der Waals surface area (Å²) in [5.74, 6) is -2.18. The molecule has 0 bridgehead atoms. The minimum absolute atomic E-state index is 0.0172. The Hall–Kier alpha value is -1.52. The molecule has 0 aliphatic heterocycles. The summed E-state index contributed by atoms with van der Waals surface area (Å²) < 4.78 is 39.3. The van der Waals surface area contributed by atoms with E-state index in [4.69, 9.17) is 5.11 Å². The van der Waals surface area contributed by atoms with Crippen molar-refractivity contribution in [3.63, 3.8) is 0 Å². The molecule has 0 saturated heterocycles. The summed E-state index contributed by atoms with van der Waals surface area (Å²) in [6.45, 7) is 0. The number of rotatable bonds is 4. The fraction of sp³-hybridized carbons (Fsp3) is 0.462. The van der Waals surface area contributed by atoms with Crippen LogP contribution in [-0.2, 0) is 4.79 Å². The van der Waals surface area contributed by atoms with Crippen LogP contribution in [0.25, 0.3) is 0 Å². The van der Waals surface area contributed by atoms with Gasteiger partial charge in [0, 0.05) is 5.92 Å². The van der Waals surface area contributed by atoms with Gasteiger partial charge in [0.15, 0.2) is 0 Å². The summed E-state index contributed by atoms with van der Waals surface area (Å²) >= 11 is 0. The Kier molecular flexibility index (Phi) is 3.09. The number of halogens is 3. The predicted octanol–water partition coefficient (Wildman–Crippen LogP) is 3.59. The van der Waals surface area contributed by atoms with Gasteiger partial charge in [0.25, 0.3) is 0 Å². The van der Waals surface area contributed by atoms with Gasteiger partial charge in [-0.05, 0) is 18.4 Å². The Bertz CT molecular complexity index is 435. The standard InChI is InChI=1S/C13H13F3O2/c14-13(15,16)12(6-7-12)10(8-11(17)18)9-4-2-1-3-5-9/h1-5,10H,6-8H2,(H,17,18)/t10-/m1/s1. The number of benzene rings is 1. The third kappa shape index (κ3) is 2.21. The molecule has 1 atom stereocenters. The second-order valence-electron chi connectivity index (χ2n) is 4.72. The average Bonchev–Trinajstić information content (AvgIpc) is 3.07. The molecule has 1 aliphatic rings. The van der Waals surface area contributed by atoms with Crippen LogP contribution in [0.3, 0.4) is 0 Å². The molecule has 18 heavy (non-hydrogen) atoms. The molecule has 2 nitrogen and oxygen atoms in total. The highest BCUT2D eigenvalue weighted by Crippen LogP contribution is 2.66. The summed E-state index contributed by atoms with van der Waals surface area (Å²) in [4.78, 5) is 10.8. The van der Waals surface area contributed by atoms with Gasteiger partial charge >= 0.3 is 12.1 Å². The van der Waals surface area contributed by atoms with Crippen LogP contribution >= 0.6 is 0 Å². The molecule has 0 amide bonds. The largest absolute Gasteiger partial charge is 0.481 e. The Labute approximate surface area is 102 Å². The minimum atomic E-state index is -4.34. The SMILES string of the molecule is O=C(O)C[C@H](c1ccccc1)C1(C(F)(F)F)CC1. The molecule has 0 radical (unpaired) electrons. The third-order valence-corrected chi connectivity index (χ3v) is 3.60. The lowest BCUT2D eigenvalue weighted by Crippen LogP contribution is -2.32. The number of hydrogen-bond acceptors (Lipinski definition) is 1. The number of carboxylic acid groups (broad SMARTS) is 1. The van der Waals surface area contributed by atoms with E-state index in [9.17, 15) is 18.0 Å². The highest BCUT2D eigenvalue weighted by Gasteiger charge is 2.67. The van der Waals surface area contributed by atoms with Crippen LogP contribution in [0, 0.1) is 5.41 Å². The van der Waals surface area contributed by atoms with Gasteiger partial charge in [0.2, 0.25) is 0 Å². The first-order valence-electron chi connectivity index (χ1n) is 5.70. The lowest BCUT2D eigenvalue weighted by Gasteiger charge is -2.28. The van der Waals surface area contributed by atoms with Crippen LogP contribution in [0.2, 0.25) is 0 Å². The first-order valence-corrected chi connectivity index (χ1v) is 5.70. The van der Waals surface area contributed by atoms with Gasteiger partial charge in [-0.2, -0.15) is 13.2 Å². The van der Waals surface area contributed by atoms with Gasteiger partial charge in [-0.25, -0.2) is 0 Å². The fourth-order valence-corrected chi connectivity index (χ4v) is 2.46. The number of alkyl halides is 3. The summed E-state index contributed by atoms with van der Waals surface area (Å²) in [7, 11) is 0. The molecule has 98 valence electrons. The van der Waals surface area contributed by atoms with E-state index in [1.807, 2.05) is 0 Å². The maximum atomic E-state index is 13.1. The molecule has 1 N–H and O–H groups in total. The van der Waals surface area contributed by atoms with Crippen LogP contribution in [0.15, 0.2) is 30.3 Å². The van der Waals surface area contributed by atoms with E-state index in [0.717, 1.165) is 0 Å². The molecule has 0 spiro atoms. The van der Waals surface area contributed by atoms with Crippen molar-refractivity contribution >= 4 is 5.97 Å². The molecule has 0 aromatic heterocycles. The van der Waals surface area contributed by atoms with E-state index in [-0.39, 0.29) is 12.8 Å². The second-order valence-corrected chi connectivity index (χ2v) is 4.72. The maximum Gasteiger partial charge on any atom is 0.395 e. The molecule has 5 heteroatoms. The quantitative estimate of drug-likeness (QED) is 0.896. The van der Waals surface area contributed by atoms with Crippen molar-refractivity contribution in [1.82, 2.24) is 0 Å². The van der Waals surface area contributed by atoms with Gasteiger partial charge in [-0.15, -0.1) is 0 Å². The van der Waals surface area contributed by atoms with Crippen molar-refractivity contribution in [2.24, 2.45) is 5.41 Å². The van der Waals surface area contributed by atoms with Crippen molar-refractivity contribution in [3.05, 3.63) is 35.9 Å². The predicted molar refractivity (Wildman–Crippen MR) is 59.2 cm³/mol. The summed E-state index contributed by atoms with van der Waals surface area (Å²) in [5, 5.41) is 8.83. The van der Waals surface area contributed by atoms with Crippen LogP contribution in [0.5, 0.6) is 0 Å². The molecule has 1 aliphatic carbocycles. The van der Waals surface area contributed by atoms with Crippen LogP contribution in [-0.4, -0.2) is 17.3 Å². The number of carboxylic acids is 1. The molecule has 1 aromatic rings. The molecular weight excluding hydrogens is 245 g/mol. The van der Waals surface area contributed by atoms with Gasteiger partial charge in [0.1, 0.15) is 0 Å². The zero-order valence-electron chi connectivity index (χ0n) is 9.57. The smallest absolute Gasteiger partial charge is 0.395 e. The molecule has 2 rings (SSSR count). The van der Waals surface area contributed by atoms with Crippen molar-refractivity contribution in [1.29, 1.82) is 0 Å². The molecular formula is C13H13F3O2. The zero-order valence-corrected chi connectivity index (χ0v) is 9.57. The van der Waals surface area contributed by atoms with Crippen LogP contribution < -0.4 is 0 Å². The van der Waals surface area contributed by atoms with Gasteiger partial charge in [-0.3, -0.25) is 4.79 Å². The van der Waals surface area contributed by atoms with E-state index < -0.39 is 29.9 Å². The first-order chi connectivity index (χ1) is 8.37. The van der Waals surface area contributed by atoms with Crippen molar-refractivity contribution in [2.45, 2.75) is 31.4 Å². The Morgan fingerprint density at radius 2 is 1.83 bits per heavy atom. The summed E-state index contributed by atoms with van der Waals surface area (Å²) in [6, 6.07) is 8.11. The van der Waals surface area contributed by atoms with Gasteiger partial charge in [0.05, 0.1) is 11.8 Å². The molecule has 1 fully saturated rings. The van der Waals surface area contributed by atoms with E-state index in [2.05, 4.69) is 0 Å². The number of aliphatic carboxylic acids is 1. The fourth-order valence-electron chi connectivity index (χ4n) is 2.46.